The fraction of sp³-hybridized carbons (Fsp3) is 0.474. The van der Waals surface area contributed by atoms with Crippen LogP contribution in [0.25, 0.3) is 0 Å². The lowest BCUT2D eigenvalue weighted by Gasteiger charge is -2.42. The summed E-state index contributed by atoms with van der Waals surface area (Å²) in [6.45, 7) is 6.82. The van der Waals surface area contributed by atoms with Crippen LogP contribution in [0, 0.1) is 0 Å². The van der Waals surface area contributed by atoms with E-state index < -0.39 is 0 Å². The number of pyridine rings is 1. The van der Waals surface area contributed by atoms with E-state index in [0.717, 1.165) is 56.1 Å². The van der Waals surface area contributed by atoms with Gasteiger partial charge in [0.15, 0.2) is 5.82 Å². The van der Waals surface area contributed by atoms with E-state index >= 15 is 0 Å². The van der Waals surface area contributed by atoms with Gasteiger partial charge in [0.25, 0.3) is 0 Å². The normalized spacial score (nSPS) is 20.3. The molecule has 2 aromatic rings. The second kappa shape index (κ2) is 8.05. The number of nitrogens with one attached hydrogen (secondary N) is 2. The molecule has 2 N–H and O–H groups in total. The van der Waals surface area contributed by atoms with Crippen molar-refractivity contribution in [3.05, 3.63) is 36.7 Å². The molecule has 0 aromatic carbocycles. The first-order valence-corrected chi connectivity index (χ1v) is 9.09. The fourth-order valence-corrected chi connectivity index (χ4v) is 3.72. The number of hydrogen-bond donors (Lipinski definition) is 2. The second-order valence-electron chi connectivity index (χ2n) is 6.32. The highest BCUT2D eigenvalue weighted by molar-refractivity contribution is 5.68. The molecule has 0 saturated carbocycles. The Balaban J connectivity index is 1.80. The minimum atomic E-state index is -0.113. The molecule has 134 valence electrons. The van der Waals surface area contributed by atoms with Gasteiger partial charge in [0, 0.05) is 38.1 Å². The third-order valence-corrected chi connectivity index (χ3v) is 4.87. The molecule has 2 aromatic heterocycles. The Morgan fingerprint density at radius 1 is 1.40 bits per heavy atom. The molecule has 6 heteroatoms. The number of hydrogen-bond acceptors (Lipinski definition) is 5. The molecule has 3 heterocycles. The van der Waals surface area contributed by atoms with Crippen molar-refractivity contribution >= 4 is 23.6 Å². The number of rotatable bonds is 7. The third kappa shape index (κ3) is 3.62. The number of carbonyl (C=O) groups is 1. The van der Waals surface area contributed by atoms with E-state index in [0.29, 0.717) is 6.04 Å². The maximum Gasteiger partial charge on any atom is 0.152 e. The van der Waals surface area contributed by atoms with Crippen molar-refractivity contribution < 1.29 is 4.79 Å². The Morgan fingerprint density at radius 2 is 2.28 bits per heavy atom. The minimum Gasteiger partial charge on any atom is -0.382 e. The van der Waals surface area contributed by atoms with Crippen molar-refractivity contribution in [2.45, 2.75) is 38.8 Å². The van der Waals surface area contributed by atoms with Gasteiger partial charge in [-0.15, -0.1) is 0 Å². The first-order chi connectivity index (χ1) is 12.3. The molecule has 0 spiro atoms. The van der Waals surface area contributed by atoms with E-state index in [1.165, 1.54) is 0 Å². The van der Waals surface area contributed by atoms with Crippen LogP contribution >= 0.6 is 0 Å². The van der Waals surface area contributed by atoms with E-state index in [1.807, 2.05) is 30.6 Å². The zero-order chi connectivity index (χ0) is 17.6. The molecule has 0 aliphatic carbocycles. The van der Waals surface area contributed by atoms with Gasteiger partial charge in [-0.25, -0.2) is 4.98 Å². The highest BCUT2D eigenvalue weighted by Crippen LogP contribution is 2.31. The second-order valence-corrected chi connectivity index (χ2v) is 6.32. The minimum absolute atomic E-state index is 0.113. The summed E-state index contributed by atoms with van der Waals surface area (Å²) in [5.74, 6) is 2.00. The van der Waals surface area contributed by atoms with Crippen LogP contribution in [-0.2, 0) is 4.79 Å². The van der Waals surface area contributed by atoms with Crippen LogP contribution in [0.5, 0.6) is 0 Å². The van der Waals surface area contributed by atoms with Crippen molar-refractivity contribution in [2.75, 3.05) is 34.8 Å². The largest absolute Gasteiger partial charge is 0.382 e. The Hall–Kier alpha value is -2.50. The van der Waals surface area contributed by atoms with Gasteiger partial charge in [0.05, 0.1) is 11.7 Å². The van der Waals surface area contributed by atoms with Crippen LogP contribution in [0.1, 0.15) is 26.7 Å². The number of aromatic amines is 1. The molecule has 3 rings (SSSR count). The standard InChI is InChI=1S/C19H27N5O/c1-3-20-17-7-5-11-22-19(17)23(4-2)15-9-12-24(16(13-15)14-25)18-8-6-10-21-18/h5-8,10-11,14-16,20-21H,3-4,9,12-13H2,1-2H3. The summed E-state index contributed by atoms with van der Waals surface area (Å²) in [5.41, 5.74) is 1.06. The Labute approximate surface area is 149 Å². The first kappa shape index (κ1) is 17.3. The molecule has 0 bridgehead atoms. The van der Waals surface area contributed by atoms with Gasteiger partial charge in [-0.2, -0.15) is 0 Å². The Kier molecular flexibility index (Phi) is 5.58. The summed E-state index contributed by atoms with van der Waals surface area (Å²) < 4.78 is 0. The predicted octanol–water partition coefficient (Wildman–Crippen LogP) is 2.90. The number of anilines is 3. The van der Waals surface area contributed by atoms with Crippen LogP contribution in [-0.4, -0.2) is 48.0 Å². The van der Waals surface area contributed by atoms with Crippen molar-refractivity contribution in [1.82, 2.24) is 9.97 Å². The summed E-state index contributed by atoms with van der Waals surface area (Å²) in [5, 5.41) is 3.40. The Morgan fingerprint density at radius 3 is 2.96 bits per heavy atom. The van der Waals surface area contributed by atoms with Crippen LogP contribution in [0.2, 0.25) is 0 Å². The fourth-order valence-electron chi connectivity index (χ4n) is 3.72. The maximum atomic E-state index is 11.7. The molecule has 25 heavy (non-hydrogen) atoms. The molecule has 1 aliphatic rings. The lowest BCUT2D eigenvalue weighted by Crippen LogP contribution is -2.51. The van der Waals surface area contributed by atoms with Gasteiger partial charge in [0.1, 0.15) is 12.1 Å². The van der Waals surface area contributed by atoms with E-state index in [1.54, 1.807) is 0 Å². The predicted molar refractivity (Wildman–Crippen MR) is 102 cm³/mol. The zero-order valence-electron chi connectivity index (χ0n) is 15.0. The summed E-state index contributed by atoms with van der Waals surface area (Å²) >= 11 is 0. The number of piperidine rings is 1. The molecule has 1 saturated heterocycles. The number of carbonyl (C=O) groups excluding carboxylic acids is 1. The molecule has 2 atom stereocenters. The first-order valence-electron chi connectivity index (χ1n) is 9.09. The number of nitrogens with zero attached hydrogens (tertiary/aromatic N) is 3. The molecular formula is C19H27N5O. The molecule has 1 aliphatic heterocycles. The molecule has 0 amide bonds. The van der Waals surface area contributed by atoms with Gasteiger partial charge in [0.2, 0.25) is 0 Å². The van der Waals surface area contributed by atoms with Crippen LogP contribution < -0.4 is 15.1 Å². The van der Waals surface area contributed by atoms with Crippen molar-refractivity contribution in [3.8, 4) is 0 Å². The molecule has 2 unspecified atom stereocenters. The molecule has 1 fully saturated rings. The van der Waals surface area contributed by atoms with Crippen LogP contribution in [0.15, 0.2) is 36.7 Å². The lowest BCUT2D eigenvalue weighted by atomic mass is 9.96. The van der Waals surface area contributed by atoms with Gasteiger partial charge >= 0.3 is 0 Å². The van der Waals surface area contributed by atoms with Gasteiger partial charge in [-0.05, 0) is 51.0 Å². The molecule has 0 radical (unpaired) electrons. The average molecular weight is 341 g/mol. The zero-order valence-corrected chi connectivity index (χ0v) is 15.0. The van der Waals surface area contributed by atoms with E-state index in [-0.39, 0.29) is 6.04 Å². The van der Waals surface area contributed by atoms with Gasteiger partial charge in [-0.1, -0.05) is 0 Å². The average Bonchev–Trinajstić information content (AvgIpc) is 3.18. The number of aromatic nitrogens is 2. The van der Waals surface area contributed by atoms with Crippen molar-refractivity contribution in [1.29, 1.82) is 0 Å². The SMILES string of the molecule is CCNc1cccnc1N(CC)C1CCN(c2ccc[nH]2)C(C=O)C1. The quantitative estimate of drug-likeness (QED) is 0.758. The topological polar surface area (TPSA) is 64.3 Å². The van der Waals surface area contributed by atoms with Crippen molar-refractivity contribution in [3.63, 3.8) is 0 Å². The van der Waals surface area contributed by atoms with Crippen LogP contribution in [0.4, 0.5) is 17.3 Å². The molecule has 6 nitrogen and oxygen atoms in total. The van der Waals surface area contributed by atoms with Gasteiger partial charge < -0.3 is 24.9 Å². The third-order valence-electron chi connectivity index (χ3n) is 4.87. The highest BCUT2D eigenvalue weighted by atomic mass is 16.1. The summed E-state index contributed by atoms with van der Waals surface area (Å²) in [7, 11) is 0. The summed E-state index contributed by atoms with van der Waals surface area (Å²) in [4.78, 5) is 24.1. The van der Waals surface area contributed by atoms with Crippen molar-refractivity contribution in [2.24, 2.45) is 0 Å². The lowest BCUT2D eigenvalue weighted by molar-refractivity contribution is -0.109. The van der Waals surface area contributed by atoms with E-state index in [9.17, 15) is 4.79 Å². The number of H-pyrrole nitrogens is 1. The summed E-state index contributed by atoms with van der Waals surface area (Å²) in [6.07, 6.45) is 6.62. The Bertz CT molecular complexity index is 672. The smallest absolute Gasteiger partial charge is 0.152 e. The van der Waals surface area contributed by atoms with Crippen LogP contribution in [0.3, 0.4) is 0 Å². The van der Waals surface area contributed by atoms with E-state index in [2.05, 4.69) is 45.0 Å². The maximum absolute atomic E-state index is 11.7. The van der Waals surface area contributed by atoms with Gasteiger partial charge in [-0.3, -0.25) is 0 Å². The summed E-state index contributed by atoms with van der Waals surface area (Å²) in [6, 6.07) is 8.21. The monoisotopic (exact) mass is 341 g/mol. The number of aldehydes is 1. The molecular weight excluding hydrogens is 314 g/mol. The highest BCUT2D eigenvalue weighted by Gasteiger charge is 2.32. The van der Waals surface area contributed by atoms with E-state index in [4.69, 9.17) is 0 Å².